The first-order chi connectivity index (χ1) is 15.6. The van der Waals surface area contributed by atoms with Gasteiger partial charge in [0.15, 0.2) is 0 Å². The Balaban J connectivity index is 1.49. The second-order valence-electron chi connectivity index (χ2n) is 12.9. The maximum atomic E-state index is 11.5. The van der Waals surface area contributed by atoms with Crippen LogP contribution in [0.1, 0.15) is 119 Å². The molecule has 0 radical (unpaired) electrons. The molecule has 0 aromatic heterocycles. The molecule has 4 aliphatic rings. The maximum absolute atomic E-state index is 11.5. The molecule has 0 N–H and O–H groups in total. The minimum absolute atomic E-state index is 0.103. The third-order valence-electron chi connectivity index (χ3n) is 11.0. The third kappa shape index (κ3) is 4.50. The van der Waals surface area contributed by atoms with Crippen molar-refractivity contribution in [3.8, 4) is 0 Å². The number of rotatable bonds is 6. The van der Waals surface area contributed by atoms with Gasteiger partial charge in [0.1, 0.15) is 6.10 Å². The van der Waals surface area contributed by atoms with Gasteiger partial charge in [-0.15, -0.1) is 0 Å². The summed E-state index contributed by atoms with van der Waals surface area (Å²) in [6.07, 6.45) is 16.7. The molecule has 2 fully saturated rings. The van der Waals surface area contributed by atoms with Crippen LogP contribution in [-0.4, -0.2) is 12.1 Å². The van der Waals surface area contributed by atoms with E-state index in [-0.39, 0.29) is 12.1 Å². The molecule has 2 heteroatoms. The highest BCUT2D eigenvalue weighted by Crippen LogP contribution is 2.66. The van der Waals surface area contributed by atoms with E-state index >= 15 is 0 Å². The summed E-state index contributed by atoms with van der Waals surface area (Å²) >= 11 is 0. The first-order valence-electron chi connectivity index (χ1n) is 14.1. The van der Waals surface area contributed by atoms with Gasteiger partial charge in [-0.1, -0.05) is 57.4 Å². The van der Waals surface area contributed by atoms with Crippen LogP contribution in [0.4, 0.5) is 0 Å². The zero-order valence-corrected chi connectivity index (χ0v) is 22.6. The number of allylic oxidation sites excluding steroid dienone is 4. The molecule has 0 aromatic carbocycles. The third-order valence-corrected chi connectivity index (χ3v) is 11.0. The highest BCUT2D eigenvalue weighted by molar-refractivity contribution is 5.66. The van der Waals surface area contributed by atoms with Gasteiger partial charge in [0.05, 0.1) is 0 Å². The van der Waals surface area contributed by atoms with E-state index in [1.165, 1.54) is 57.8 Å². The van der Waals surface area contributed by atoms with Crippen LogP contribution >= 0.6 is 0 Å². The zero-order chi connectivity index (χ0) is 24.0. The SMILES string of the molecule is C/C=C(/CC[C@@H](C)[C@H]1CC[C@H]2C3=C(CC[C@]12C)[C@@]1(C)CC[C@H](OC(C)=O)C[C@@H]1CC3)C(C)C. The lowest BCUT2D eigenvalue weighted by atomic mass is 9.50. The first kappa shape index (κ1) is 25.1. The van der Waals surface area contributed by atoms with Crippen LogP contribution in [-0.2, 0) is 9.53 Å². The normalized spacial score (nSPS) is 39.7. The largest absolute Gasteiger partial charge is 0.463 e. The molecule has 0 aliphatic heterocycles. The summed E-state index contributed by atoms with van der Waals surface area (Å²) in [7, 11) is 0. The Morgan fingerprint density at radius 1 is 1.09 bits per heavy atom. The first-order valence-corrected chi connectivity index (χ1v) is 14.1. The maximum Gasteiger partial charge on any atom is 0.302 e. The van der Waals surface area contributed by atoms with E-state index in [1.54, 1.807) is 12.5 Å². The van der Waals surface area contributed by atoms with Gasteiger partial charge in [-0.05, 0) is 118 Å². The second-order valence-corrected chi connectivity index (χ2v) is 12.9. The monoisotopic (exact) mass is 454 g/mol. The van der Waals surface area contributed by atoms with Gasteiger partial charge >= 0.3 is 5.97 Å². The Morgan fingerprint density at radius 2 is 1.85 bits per heavy atom. The van der Waals surface area contributed by atoms with Gasteiger partial charge in [-0.3, -0.25) is 4.79 Å². The number of ether oxygens (including phenoxy) is 1. The van der Waals surface area contributed by atoms with Crippen LogP contribution < -0.4 is 0 Å². The van der Waals surface area contributed by atoms with Crippen molar-refractivity contribution in [2.45, 2.75) is 125 Å². The lowest BCUT2D eigenvalue weighted by Crippen LogP contribution is -2.46. The highest BCUT2D eigenvalue weighted by Gasteiger charge is 2.56. The van der Waals surface area contributed by atoms with Crippen LogP contribution in [0.25, 0.3) is 0 Å². The van der Waals surface area contributed by atoms with Crippen molar-refractivity contribution in [3.05, 3.63) is 22.8 Å². The van der Waals surface area contributed by atoms with Crippen molar-refractivity contribution >= 4 is 5.97 Å². The van der Waals surface area contributed by atoms with E-state index in [9.17, 15) is 4.79 Å². The van der Waals surface area contributed by atoms with Crippen molar-refractivity contribution in [2.24, 2.45) is 40.4 Å². The van der Waals surface area contributed by atoms with Crippen LogP contribution in [0.5, 0.6) is 0 Å². The highest BCUT2D eigenvalue weighted by atomic mass is 16.5. The van der Waals surface area contributed by atoms with E-state index < -0.39 is 0 Å². The number of esters is 1. The number of carbonyl (C=O) groups is 1. The van der Waals surface area contributed by atoms with E-state index in [2.05, 4.69) is 47.6 Å². The molecule has 2 nitrogen and oxygen atoms in total. The Labute approximate surface area is 204 Å². The van der Waals surface area contributed by atoms with E-state index in [4.69, 9.17) is 4.74 Å². The van der Waals surface area contributed by atoms with Crippen LogP contribution in [0.2, 0.25) is 0 Å². The molecule has 7 atom stereocenters. The molecule has 4 rings (SSSR count). The lowest BCUT2D eigenvalue weighted by Gasteiger charge is -2.55. The second kappa shape index (κ2) is 9.54. The number of hydrogen-bond donors (Lipinski definition) is 0. The van der Waals surface area contributed by atoms with Crippen LogP contribution in [0, 0.1) is 40.4 Å². The van der Waals surface area contributed by atoms with Crippen LogP contribution in [0.15, 0.2) is 22.8 Å². The summed E-state index contributed by atoms with van der Waals surface area (Å²) in [6, 6.07) is 0. The molecule has 0 spiro atoms. The molecule has 4 aliphatic carbocycles. The van der Waals surface area contributed by atoms with Gasteiger partial charge in [-0.25, -0.2) is 0 Å². The molecular formula is C31H50O2. The fraction of sp³-hybridized carbons (Fsp3) is 0.839. The average Bonchev–Trinajstić information content (AvgIpc) is 3.11. The summed E-state index contributed by atoms with van der Waals surface area (Å²) in [5.74, 6) is 3.81. The van der Waals surface area contributed by atoms with Crippen molar-refractivity contribution in [2.75, 3.05) is 0 Å². The fourth-order valence-corrected chi connectivity index (χ4v) is 9.10. The standard InChI is InChI=1S/C31H50O2/c1-8-23(20(2)3)10-9-21(4)27-13-14-28-26-12-11-24-19-25(33-22(5)32)15-17-30(24,6)29(26)16-18-31(27,28)7/h8,20-21,24-25,27-28H,9-19H2,1-7H3/b23-8-/t21-,24+,25+,27-,28+,30+,31-/m1/s1. The van der Waals surface area contributed by atoms with Crippen molar-refractivity contribution in [1.82, 2.24) is 0 Å². The van der Waals surface area contributed by atoms with Gasteiger partial charge in [0.25, 0.3) is 0 Å². The average molecular weight is 455 g/mol. The Bertz CT molecular complexity index is 804. The van der Waals surface area contributed by atoms with Crippen molar-refractivity contribution in [3.63, 3.8) is 0 Å². The summed E-state index contributed by atoms with van der Waals surface area (Å²) < 4.78 is 5.65. The van der Waals surface area contributed by atoms with Crippen LogP contribution in [0.3, 0.4) is 0 Å². The number of carbonyl (C=O) groups excluding carboxylic acids is 1. The molecule has 0 saturated heterocycles. The minimum atomic E-state index is -0.103. The van der Waals surface area contributed by atoms with Crippen molar-refractivity contribution in [1.29, 1.82) is 0 Å². The Hall–Kier alpha value is -1.05. The summed E-state index contributed by atoms with van der Waals surface area (Å²) in [5.41, 5.74) is 6.24. The Morgan fingerprint density at radius 3 is 2.52 bits per heavy atom. The summed E-state index contributed by atoms with van der Waals surface area (Å²) in [6.45, 7) is 16.3. The quantitative estimate of drug-likeness (QED) is 0.296. The lowest BCUT2D eigenvalue weighted by molar-refractivity contribution is -0.150. The predicted molar refractivity (Wildman–Crippen MR) is 138 cm³/mol. The molecule has 0 aromatic rings. The molecular weight excluding hydrogens is 404 g/mol. The molecule has 0 heterocycles. The molecule has 0 bridgehead atoms. The number of fused-ring (bicyclic) bond motifs is 4. The van der Waals surface area contributed by atoms with E-state index in [1.807, 2.05) is 11.1 Å². The predicted octanol–water partition coefficient (Wildman–Crippen LogP) is 8.66. The molecule has 33 heavy (non-hydrogen) atoms. The molecule has 0 unspecified atom stereocenters. The van der Waals surface area contributed by atoms with E-state index in [0.717, 1.165) is 30.6 Å². The van der Waals surface area contributed by atoms with Gasteiger partial charge < -0.3 is 4.74 Å². The molecule has 186 valence electrons. The fourth-order valence-electron chi connectivity index (χ4n) is 9.10. The van der Waals surface area contributed by atoms with Gasteiger partial charge in [0, 0.05) is 6.92 Å². The van der Waals surface area contributed by atoms with Gasteiger partial charge in [0.2, 0.25) is 0 Å². The Kier molecular flexibility index (Phi) is 7.24. The topological polar surface area (TPSA) is 26.3 Å². The number of hydrogen-bond acceptors (Lipinski definition) is 2. The van der Waals surface area contributed by atoms with Gasteiger partial charge in [-0.2, -0.15) is 0 Å². The summed E-state index contributed by atoms with van der Waals surface area (Å²) in [4.78, 5) is 11.5. The van der Waals surface area contributed by atoms with E-state index in [0.29, 0.717) is 22.7 Å². The summed E-state index contributed by atoms with van der Waals surface area (Å²) in [5, 5.41) is 0. The zero-order valence-electron chi connectivity index (χ0n) is 22.6. The smallest absolute Gasteiger partial charge is 0.302 e. The molecule has 2 saturated carbocycles. The minimum Gasteiger partial charge on any atom is -0.463 e. The van der Waals surface area contributed by atoms with Crippen molar-refractivity contribution < 1.29 is 9.53 Å². The molecule has 0 amide bonds.